The first-order valence-electron chi connectivity index (χ1n) is 8.57. The molecule has 0 spiro atoms. The first kappa shape index (κ1) is 12.9. The van der Waals surface area contributed by atoms with Crippen LogP contribution in [-0.2, 0) is 6.42 Å². The molecule has 1 nitrogen and oxygen atoms in total. The van der Waals surface area contributed by atoms with E-state index in [9.17, 15) is 5.11 Å². The van der Waals surface area contributed by atoms with Gasteiger partial charge < -0.3 is 5.11 Å². The lowest BCUT2D eigenvalue weighted by atomic mass is 9.78. The Balaban J connectivity index is 1.51. The molecule has 0 aliphatic heterocycles. The highest BCUT2D eigenvalue weighted by atomic mass is 16.3. The van der Waals surface area contributed by atoms with Crippen LogP contribution in [0.5, 0.6) is 0 Å². The monoisotopic (exact) mass is 270 g/mol. The molecule has 1 N–H and O–H groups in total. The van der Waals surface area contributed by atoms with E-state index in [-0.39, 0.29) is 6.10 Å². The molecule has 20 heavy (non-hydrogen) atoms. The van der Waals surface area contributed by atoms with Crippen LogP contribution in [0.25, 0.3) is 0 Å². The van der Waals surface area contributed by atoms with E-state index in [2.05, 4.69) is 24.3 Å². The Kier molecular flexibility index (Phi) is 3.34. The summed E-state index contributed by atoms with van der Waals surface area (Å²) in [5, 5.41) is 10.8. The predicted octanol–water partition coefficient (Wildman–Crippen LogP) is 4.50. The van der Waals surface area contributed by atoms with E-state index in [0.717, 1.165) is 24.2 Å². The van der Waals surface area contributed by atoms with Gasteiger partial charge in [-0.2, -0.15) is 0 Å². The lowest BCUT2D eigenvalue weighted by Crippen LogP contribution is -2.20. The summed E-state index contributed by atoms with van der Waals surface area (Å²) >= 11 is 0. The van der Waals surface area contributed by atoms with E-state index in [1.165, 1.54) is 56.1 Å². The standard InChI is InChI=1S/C19H26O/c20-19-16(12-17-11-13-8-9-15(17)10-13)6-3-5-14-4-1-2-7-18(14)19/h1-2,4,7,13,15-17,19-20H,3,5-6,8-12H2. The summed E-state index contributed by atoms with van der Waals surface area (Å²) in [5.41, 5.74) is 2.61. The van der Waals surface area contributed by atoms with Crippen LogP contribution in [0.4, 0.5) is 0 Å². The Bertz CT molecular complexity index is 480. The summed E-state index contributed by atoms with van der Waals surface area (Å²) in [6.07, 6.45) is 10.6. The normalized spacial score (nSPS) is 39.5. The van der Waals surface area contributed by atoms with Gasteiger partial charge in [0.1, 0.15) is 0 Å². The Labute approximate surface area is 122 Å². The summed E-state index contributed by atoms with van der Waals surface area (Å²) in [5.74, 6) is 3.44. The molecule has 2 saturated carbocycles. The molecule has 0 aromatic heterocycles. The van der Waals surface area contributed by atoms with Gasteiger partial charge in [0.15, 0.2) is 0 Å². The predicted molar refractivity (Wildman–Crippen MR) is 81.4 cm³/mol. The van der Waals surface area contributed by atoms with Gasteiger partial charge in [0.2, 0.25) is 0 Å². The van der Waals surface area contributed by atoms with Gasteiger partial charge in [0.05, 0.1) is 6.10 Å². The molecule has 3 aliphatic carbocycles. The van der Waals surface area contributed by atoms with Gasteiger partial charge >= 0.3 is 0 Å². The van der Waals surface area contributed by atoms with Crippen molar-refractivity contribution >= 4 is 0 Å². The number of aliphatic hydroxyl groups is 1. The molecule has 0 radical (unpaired) electrons. The van der Waals surface area contributed by atoms with Crippen molar-refractivity contribution in [2.45, 2.75) is 57.5 Å². The molecule has 108 valence electrons. The van der Waals surface area contributed by atoms with E-state index in [1.807, 2.05) is 0 Å². The van der Waals surface area contributed by atoms with Gasteiger partial charge in [0.25, 0.3) is 0 Å². The molecule has 3 aliphatic rings. The largest absolute Gasteiger partial charge is 0.388 e. The maximum absolute atomic E-state index is 10.8. The van der Waals surface area contributed by atoms with E-state index < -0.39 is 0 Å². The molecule has 0 amide bonds. The third kappa shape index (κ3) is 2.20. The molecule has 2 bridgehead atoms. The van der Waals surface area contributed by atoms with Gasteiger partial charge in [-0.15, -0.1) is 0 Å². The average Bonchev–Trinajstić information content (AvgIpc) is 3.04. The summed E-state index contributed by atoms with van der Waals surface area (Å²) in [7, 11) is 0. The van der Waals surface area contributed by atoms with E-state index in [1.54, 1.807) is 0 Å². The number of benzene rings is 1. The summed E-state index contributed by atoms with van der Waals surface area (Å²) in [4.78, 5) is 0. The summed E-state index contributed by atoms with van der Waals surface area (Å²) in [6.45, 7) is 0. The van der Waals surface area contributed by atoms with Gasteiger partial charge in [-0.3, -0.25) is 0 Å². The van der Waals surface area contributed by atoms with Crippen molar-refractivity contribution in [2.24, 2.45) is 23.7 Å². The second kappa shape index (κ2) is 5.18. The molecule has 1 aromatic rings. The second-order valence-corrected chi connectivity index (χ2v) is 7.47. The average molecular weight is 270 g/mol. The fraction of sp³-hybridized carbons (Fsp3) is 0.684. The highest BCUT2D eigenvalue weighted by Crippen LogP contribution is 2.52. The quantitative estimate of drug-likeness (QED) is 0.785. The molecular formula is C19H26O. The van der Waals surface area contributed by atoms with Crippen LogP contribution in [0.2, 0.25) is 0 Å². The fourth-order valence-electron chi connectivity index (χ4n) is 5.32. The highest BCUT2D eigenvalue weighted by Gasteiger charge is 2.41. The van der Waals surface area contributed by atoms with Crippen molar-refractivity contribution < 1.29 is 5.11 Å². The van der Waals surface area contributed by atoms with Crippen LogP contribution in [0.3, 0.4) is 0 Å². The van der Waals surface area contributed by atoms with E-state index in [4.69, 9.17) is 0 Å². The van der Waals surface area contributed by atoms with Crippen molar-refractivity contribution in [3.8, 4) is 0 Å². The van der Waals surface area contributed by atoms with Crippen LogP contribution >= 0.6 is 0 Å². The zero-order chi connectivity index (χ0) is 13.5. The molecular weight excluding hydrogens is 244 g/mol. The Morgan fingerprint density at radius 2 is 1.90 bits per heavy atom. The van der Waals surface area contributed by atoms with Crippen molar-refractivity contribution in [3.05, 3.63) is 35.4 Å². The Morgan fingerprint density at radius 3 is 2.70 bits per heavy atom. The van der Waals surface area contributed by atoms with Crippen LogP contribution in [0.1, 0.15) is 62.2 Å². The topological polar surface area (TPSA) is 20.2 Å². The Hall–Kier alpha value is -0.820. The number of rotatable bonds is 2. The highest BCUT2D eigenvalue weighted by molar-refractivity contribution is 5.30. The molecule has 1 heteroatoms. The smallest absolute Gasteiger partial charge is 0.0820 e. The second-order valence-electron chi connectivity index (χ2n) is 7.47. The van der Waals surface area contributed by atoms with Crippen molar-refractivity contribution in [1.82, 2.24) is 0 Å². The number of hydrogen-bond donors (Lipinski definition) is 1. The third-order valence-electron chi connectivity index (χ3n) is 6.33. The first-order chi connectivity index (χ1) is 9.81. The minimum absolute atomic E-state index is 0.215. The summed E-state index contributed by atoms with van der Waals surface area (Å²) in [6, 6.07) is 8.56. The molecule has 5 atom stereocenters. The maximum atomic E-state index is 10.8. The minimum Gasteiger partial charge on any atom is -0.388 e. The van der Waals surface area contributed by atoms with Crippen LogP contribution in [0, 0.1) is 23.7 Å². The van der Waals surface area contributed by atoms with Gasteiger partial charge in [-0.1, -0.05) is 30.7 Å². The molecule has 4 rings (SSSR count). The zero-order valence-corrected chi connectivity index (χ0v) is 12.3. The van der Waals surface area contributed by atoms with E-state index >= 15 is 0 Å². The SMILES string of the molecule is OC1c2ccccc2CCCC1CC1CC2CCC1C2. The number of aryl methyl sites for hydroxylation is 1. The molecule has 0 heterocycles. The molecule has 2 fully saturated rings. The molecule has 0 saturated heterocycles. The third-order valence-corrected chi connectivity index (χ3v) is 6.33. The van der Waals surface area contributed by atoms with E-state index in [0.29, 0.717) is 5.92 Å². The first-order valence-corrected chi connectivity index (χ1v) is 8.57. The molecule has 1 aromatic carbocycles. The van der Waals surface area contributed by atoms with Crippen LogP contribution in [-0.4, -0.2) is 5.11 Å². The van der Waals surface area contributed by atoms with Crippen molar-refractivity contribution in [2.75, 3.05) is 0 Å². The Morgan fingerprint density at radius 1 is 1.00 bits per heavy atom. The number of hydrogen-bond acceptors (Lipinski definition) is 1. The minimum atomic E-state index is -0.215. The zero-order valence-electron chi connectivity index (χ0n) is 12.3. The van der Waals surface area contributed by atoms with Crippen molar-refractivity contribution in [3.63, 3.8) is 0 Å². The van der Waals surface area contributed by atoms with Gasteiger partial charge in [-0.05, 0) is 79.7 Å². The maximum Gasteiger partial charge on any atom is 0.0820 e. The van der Waals surface area contributed by atoms with Crippen LogP contribution in [0.15, 0.2) is 24.3 Å². The summed E-state index contributed by atoms with van der Waals surface area (Å²) < 4.78 is 0. The van der Waals surface area contributed by atoms with Gasteiger partial charge in [0, 0.05) is 0 Å². The van der Waals surface area contributed by atoms with Crippen molar-refractivity contribution in [1.29, 1.82) is 0 Å². The number of fused-ring (bicyclic) bond motifs is 3. The number of aliphatic hydroxyl groups excluding tert-OH is 1. The fourth-order valence-corrected chi connectivity index (χ4v) is 5.32. The lowest BCUT2D eigenvalue weighted by Gasteiger charge is -2.29. The lowest BCUT2D eigenvalue weighted by molar-refractivity contribution is 0.0808. The van der Waals surface area contributed by atoms with Crippen LogP contribution < -0.4 is 0 Å². The van der Waals surface area contributed by atoms with Gasteiger partial charge in [-0.25, -0.2) is 0 Å². The molecule has 5 unspecified atom stereocenters.